The summed E-state index contributed by atoms with van der Waals surface area (Å²) in [7, 11) is -3.07. The first kappa shape index (κ1) is 23.1. The second-order valence-corrected chi connectivity index (χ2v) is 8.95. The van der Waals surface area contributed by atoms with E-state index in [1.807, 2.05) is 0 Å². The third-order valence-electron chi connectivity index (χ3n) is 4.20. The van der Waals surface area contributed by atoms with Gasteiger partial charge in [-0.25, -0.2) is 8.99 Å². The molecule has 0 saturated heterocycles. The summed E-state index contributed by atoms with van der Waals surface area (Å²) < 4.78 is 65.1. The van der Waals surface area contributed by atoms with Crippen LogP contribution in [-0.2, 0) is 15.9 Å². The van der Waals surface area contributed by atoms with Gasteiger partial charge < -0.3 is 10.1 Å². The summed E-state index contributed by atoms with van der Waals surface area (Å²) in [6.45, 7) is 2.75. The molecule has 1 amide bonds. The maximum Gasteiger partial charge on any atom is 0.435 e. The summed E-state index contributed by atoms with van der Waals surface area (Å²) in [5, 5.41) is 16.6. The first-order valence-electron chi connectivity index (χ1n) is 8.94. The van der Waals surface area contributed by atoms with E-state index in [4.69, 9.17) is 9.52 Å². The summed E-state index contributed by atoms with van der Waals surface area (Å²) in [5.74, 6) is -1.56. The smallest absolute Gasteiger partial charge is 0.417 e. The zero-order chi connectivity index (χ0) is 23.7. The highest BCUT2D eigenvalue weighted by molar-refractivity contribution is 7.91. The molecule has 1 unspecified atom stereocenters. The van der Waals surface area contributed by atoms with E-state index in [0.717, 1.165) is 6.92 Å². The molecule has 0 aliphatic heterocycles. The number of amides is 1. The van der Waals surface area contributed by atoms with Crippen LogP contribution in [-0.4, -0.2) is 36.8 Å². The number of rotatable bonds is 5. The van der Waals surface area contributed by atoms with E-state index in [0.29, 0.717) is 5.69 Å². The molecule has 1 atom stereocenters. The summed E-state index contributed by atoms with van der Waals surface area (Å²) in [5.41, 5.74) is -1.66. The molecule has 2 N–H and O–H groups in total. The predicted molar refractivity (Wildman–Crippen MR) is 108 cm³/mol. The number of hydrogen-bond donors (Lipinski definition) is 2. The van der Waals surface area contributed by atoms with Gasteiger partial charge in [0.2, 0.25) is 5.88 Å². The Bertz CT molecular complexity index is 1280. The number of anilines is 1. The third-order valence-corrected chi connectivity index (χ3v) is 5.35. The van der Waals surface area contributed by atoms with E-state index in [1.165, 1.54) is 36.6 Å². The molecule has 2 heterocycles. The minimum atomic E-state index is -4.85. The van der Waals surface area contributed by atoms with Crippen LogP contribution in [0.1, 0.15) is 27.3 Å². The van der Waals surface area contributed by atoms with Crippen LogP contribution in [0.2, 0.25) is 0 Å². The molecule has 168 valence electrons. The van der Waals surface area contributed by atoms with Gasteiger partial charge >= 0.3 is 6.18 Å². The highest BCUT2D eigenvalue weighted by Crippen LogP contribution is 2.34. The summed E-state index contributed by atoms with van der Waals surface area (Å²) in [6, 6.07) is 8.60. The van der Waals surface area contributed by atoms with Crippen molar-refractivity contribution in [2.75, 3.05) is 11.6 Å². The quantitative estimate of drug-likeness (QED) is 0.581. The Balaban J connectivity index is 2.05. The monoisotopic (exact) mass is 466 g/mol. The van der Waals surface area contributed by atoms with Crippen LogP contribution in [0.5, 0.6) is 11.8 Å². The zero-order valence-electron chi connectivity index (χ0n) is 17.0. The average Bonchev–Trinajstić information content (AvgIpc) is 2.68. The van der Waals surface area contributed by atoms with Gasteiger partial charge in [-0.1, -0.05) is 6.07 Å². The summed E-state index contributed by atoms with van der Waals surface area (Å²) in [6.07, 6.45) is -3.65. The van der Waals surface area contributed by atoms with Crippen molar-refractivity contribution in [3.05, 3.63) is 58.9 Å². The van der Waals surface area contributed by atoms with Crippen molar-refractivity contribution < 1.29 is 26.9 Å². The Hall–Kier alpha value is -3.61. The largest absolute Gasteiger partial charge is 0.435 e. The van der Waals surface area contributed by atoms with Gasteiger partial charge in [0.15, 0.2) is 5.69 Å². The average molecular weight is 466 g/mol. The molecule has 13 heteroatoms. The van der Waals surface area contributed by atoms with Crippen LogP contribution in [0.15, 0.2) is 41.3 Å². The van der Waals surface area contributed by atoms with Crippen LogP contribution in [0.4, 0.5) is 18.9 Å². The van der Waals surface area contributed by atoms with Gasteiger partial charge in [-0.15, -0.1) is 15.3 Å². The van der Waals surface area contributed by atoms with Crippen molar-refractivity contribution in [2.45, 2.75) is 24.9 Å². The highest BCUT2D eigenvalue weighted by atomic mass is 32.2. The number of carbonyl (C=O) groups excluding carboxylic acids is 1. The Kier molecular flexibility index (Phi) is 6.12. The lowest BCUT2D eigenvalue weighted by molar-refractivity contribution is -0.142. The minimum Gasteiger partial charge on any atom is -0.417 e. The molecule has 0 bridgehead atoms. The fourth-order valence-corrected chi connectivity index (χ4v) is 3.35. The standard InChI is InChI=1S/C19H17F3N6O3S/c1-10-7-8-14(26-25-10)31-18-15(11(2)16(27-28-18)19(20,21)22)17(29)24-12-5-4-6-13(9-12)32(3,23)30/h4-9,23H,1-3H3,(H,24,29). The first-order valence-corrected chi connectivity index (χ1v) is 10.9. The normalized spacial score (nSPS) is 13.3. The van der Waals surface area contributed by atoms with E-state index < -0.39 is 44.5 Å². The molecule has 1 aromatic carbocycles. The van der Waals surface area contributed by atoms with Gasteiger partial charge in [0.05, 0.1) is 15.4 Å². The van der Waals surface area contributed by atoms with Gasteiger partial charge in [-0.3, -0.25) is 4.79 Å². The SMILES string of the molecule is Cc1ccc(Oc2nnc(C(F)(F)F)c(C)c2C(=O)Nc2cccc(S(C)(=N)=O)c2)nn1. The number of nitrogens with zero attached hydrogens (tertiary/aromatic N) is 4. The number of nitrogens with one attached hydrogen (secondary N) is 2. The molecule has 0 radical (unpaired) electrons. The second kappa shape index (κ2) is 8.49. The van der Waals surface area contributed by atoms with Crippen molar-refractivity contribution in [3.63, 3.8) is 0 Å². The van der Waals surface area contributed by atoms with E-state index in [1.54, 1.807) is 13.0 Å². The van der Waals surface area contributed by atoms with Gasteiger partial charge in [0.1, 0.15) is 5.56 Å². The van der Waals surface area contributed by atoms with Crippen molar-refractivity contribution in [1.29, 1.82) is 4.78 Å². The number of alkyl halides is 3. The number of ether oxygens (including phenoxy) is 1. The fraction of sp³-hybridized carbons (Fsp3) is 0.211. The number of aryl methyl sites for hydroxylation is 1. The second-order valence-electron chi connectivity index (χ2n) is 6.79. The van der Waals surface area contributed by atoms with Crippen molar-refractivity contribution >= 4 is 21.3 Å². The topological polar surface area (TPSA) is 131 Å². The molecule has 0 aliphatic carbocycles. The number of carbonyl (C=O) groups is 1. The molecule has 9 nitrogen and oxygen atoms in total. The molecule has 2 aromatic heterocycles. The lowest BCUT2D eigenvalue weighted by atomic mass is 10.1. The van der Waals surface area contributed by atoms with E-state index >= 15 is 0 Å². The maximum atomic E-state index is 13.4. The molecular formula is C19H17F3N6O3S. The Morgan fingerprint density at radius 2 is 1.81 bits per heavy atom. The summed E-state index contributed by atoms with van der Waals surface area (Å²) >= 11 is 0. The molecule has 0 saturated carbocycles. The van der Waals surface area contributed by atoms with E-state index in [-0.39, 0.29) is 16.5 Å². The Morgan fingerprint density at radius 1 is 1.09 bits per heavy atom. The van der Waals surface area contributed by atoms with Gasteiger partial charge in [-0.05, 0) is 43.7 Å². The third kappa shape index (κ3) is 5.17. The summed E-state index contributed by atoms with van der Waals surface area (Å²) in [4.78, 5) is 13.1. The van der Waals surface area contributed by atoms with Crippen LogP contribution < -0.4 is 10.1 Å². The van der Waals surface area contributed by atoms with Crippen LogP contribution in [0, 0.1) is 18.6 Å². The zero-order valence-corrected chi connectivity index (χ0v) is 17.8. The van der Waals surface area contributed by atoms with Crippen LogP contribution in [0.25, 0.3) is 0 Å². The number of halogens is 3. The lowest BCUT2D eigenvalue weighted by Crippen LogP contribution is -2.21. The molecule has 0 fully saturated rings. The van der Waals surface area contributed by atoms with E-state index in [9.17, 15) is 22.2 Å². The maximum absolute atomic E-state index is 13.4. The molecule has 3 rings (SSSR count). The van der Waals surface area contributed by atoms with Crippen LogP contribution in [0.3, 0.4) is 0 Å². The molecule has 0 aliphatic rings. The molecule has 3 aromatic rings. The van der Waals surface area contributed by atoms with Crippen LogP contribution >= 0.6 is 0 Å². The van der Waals surface area contributed by atoms with Gasteiger partial charge in [0.25, 0.3) is 11.8 Å². The van der Waals surface area contributed by atoms with Gasteiger partial charge in [0, 0.05) is 22.9 Å². The van der Waals surface area contributed by atoms with Crippen molar-refractivity contribution in [2.24, 2.45) is 0 Å². The number of hydrogen-bond acceptors (Lipinski definition) is 8. The minimum absolute atomic E-state index is 0.0972. The first-order chi connectivity index (χ1) is 14.9. The van der Waals surface area contributed by atoms with E-state index in [2.05, 4.69) is 25.7 Å². The lowest BCUT2D eigenvalue weighted by Gasteiger charge is -2.15. The molecule has 0 spiro atoms. The fourth-order valence-electron chi connectivity index (χ4n) is 2.66. The van der Waals surface area contributed by atoms with Crippen molar-refractivity contribution in [3.8, 4) is 11.8 Å². The van der Waals surface area contributed by atoms with Gasteiger partial charge in [-0.2, -0.15) is 18.3 Å². The Labute approximate surface area is 181 Å². The predicted octanol–water partition coefficient (Wildman–Crippen LogP) is 3.98. The number of benzene rings is 1. The highest BCUT2D eigenvalue weighted by Gasteiger charge is 2.38. The number of aromatic nitrogens is 4. The van der Waals surface area contributed by atoms with Crippen molar-refractivity contribution in [1.82, 2.24) is 20.4 Å². The molecule has 32 heavy (non-hydrogen) atoms. The molecular weight excluding hydrogens is 449 g/mol. The Morgan fingerprint density at radius 3 is 2.41 bits per heavy atom.